The number of hydrogen-bond donors (Lipinski definition) is 0. The topological polar surface area (TPSA) is 0 Å². The average molecular weight is 213 g/mol. The van der Waals surface area contributed by atoms with Gasteiger partial charge in [-0.3, -0.25) is 0 Å². The molecule has 0 aromatic heterocycles. The number of rotatable bonds is 1. The van der Waals surface area contributed by atoms with Gasteiger partial charge >= 0.3 is 0 Å². The van der Waals surface area contributed by atoms with Gasteiger partial charge in [-0.05, 0) is 55.4 Å². The molecule has 0 N–H and O–H groups in total. The fourth-order valence-electron chi connectivity index (χ4n) is 2.23. The zero-order valence-corrected chi connectivity index (χ0v) is 9.02. The molecule has 76 valence electrons. The maximum Gasteiger partial charge on any atom is 0.123 e. The second-order valence-electron chi connectivity index (χ2n) is 4.17. The maximum absolute atomic E-state index is 13.1. The molecule has 1 aromatic rings. The predicted octanol–water partition coefficient (Wildman–Crippen LogP) is 4.01. The lowest BCUT2D eigenvalue weighted by molar-refractivity contribution is 0.617. The molecular weight excluding hydrogens is 199 g/mol. The number of benzene rings is 1. The van der Waals surface area contributed by atoms with Crippen molar-refractivity contribution in [2.24, 2.45) is 0 Å². The lowest BCUT2D eigenvalue weighted by Gasteiger charge is -2.10. The highest BCUT2D eigenvalue weighted by molar-refractivity contribution is 6.20. The van der Waals surface area contributed by atoms with Crippen LogP contribution in [0.15, 0.2) is 18.2 Å². The van der Waals surface area contributed by atoms with Crippen LogP contribution < -0.4 is 0 Å². The van der Waals surface area contributed by atoms with E-state index in [2.05, 4.69) is 6.07 Å². The lowest BCUT2D eigenvalue weighted by atomic mass is 9.96. The summed E-state index contributed by atoms with van der Waals surface area (Å²) >= 11 is 6.04. The first kappa shape index (κ1) is 9.97. The molecule has 0 amide bonds. The number of alkyl halides is 1. The third kappa shape index (κ3) is 2.09. The quantitative estimate of drug-likeness (QED) is 0.617. The first-order chi connectivity index (χ1) is 6.65. The van der Waals surface area contributed by atoms with E-state index in [9.17, 15) is 4.39 Å². The van der Waals surface area contributed by atoms with Crippen LogP contribution in [-0.4, -0.2) is 5.38 Å². The lowest BCUT2D eigenvalue weighted by Crippen LogP contribution is -1.96. The van der Waals surface area contributed by atoms with Gasteiger partial charge in [-0.15, -0.1) is 11.6 Å². The van der Waals surface area contributed by atoms with E-state index in [1.54, 1.807) is 12.1 Å². The van der Waals surface area contributed by atoms with Gasteiger partial charge in [-0.2, -0.15) is 0 Å². The summed E-state index contributed by atoms with van der Waals surface area (Å²) in [7, 11) is 0. The molecule has 0 spiro atoms. The summed E-state index contributed by atoms with van der Waals surface area (Å²) in [6, 6.07) is 5.28. The molecule has 0 saturated heterocycles. The SMILES string of the molecule is Cc1cc(F)cc(C2CCC(Cl)C2)c1. The van der Waals surface area contributed by atoms with Crippen molar-refractivity contribution in [1.29, 1.82) is 0 Å². The summed E-state index contributed by atoms with van der Waals surface area (Å²) in [5.74, 6) is 0.338. The Hall–Kier alpha value is -0.560. The Morgan fingerprint density at radius 1 is 1.29 bits per heavy atom. The Morgan fingerprint density at radius 3 is 2.64 bits per heavy atom. The molecule has 0 nitrogen and oxygen atoms in total. The molecule has 2 unspecified atom stereocenters. The fourth-order valence-corrected chi connectivity index (χ4v) is 2.57. The summed E-state index contributed by atoms with van der Waals surface area (Å²) < 4.78 is 13.1. The Kier molecular flexibility index (Phi) is 2.78. The van der Waals surface area contributed by atoms with Crippen LogP contribution in [0.25, 0.3) is 0 Å². The van der Waals surface area contributed by atoms with Crippen LogP contribution in [0.1, 0.15) is 36.3 Å². The molecule has 1 aliphatic rings. The van der Waals surface area contributed by atoms with Crippen LogP contribution in [0.5, 0.6) is 0 Å². The van der Waals surface area contributed by atoms with E-state index in [-0.39, 0.29) is 11.2 Å². The third-order valence-corrected chi connectivity index (χ3v) is 3.30. The van der Waals surface area contributed by atoms with E-state index in [1.807, 2.05) is 6.92 Å². The molecule has 1 aromatic carbocycles. The van der Waals surface area contributed by atoms with Gasteiger partial charge in [0.05, 0.1) is 0 Å². The average Bonchev–Trinajstić information content (AvgIpc) is 2.50. The van der Waals surface area contributed by atoms with Crippen LogP contribution in [0.2, 0.25) is 0 Å². The molecular formula is C12H14ClF. The molecule has 1 saturated carbocycles. The van der Waals surface area contributed by atoms with E-state index >= 15 is 0 Å². The van der Waals surface area contributed by atoms with Gasteiger partial charge in [0.25, 0.3) is 0 Å². The van der Waals surface area contributed by atoms with Crippen molar-refractivity contribution >= 4 is 11.6 Å². The second kappa shape index (κ2) is 3.90. The van der Waals surface area contributed by atoms with Gasteiger partial charge in [0, 0.05) is 5.38 Å². The minimum Gasteiger partial charge on any atom is -0.207 e. The summed E-state index contributed by atoms with van der Waals surface area (Å²) in [5, 5.41) is 0.281. The van der Waals surface area contributed by atoms with Crippen LogP contribution in [0, 0.1) is 12.7 Å². The first-order valence-corrected chi connectivity index (χ1v) is 5.50. The number of hydrogen-bond acceptors (Lipinski definition) is 0. The van der Waals surface area contributed by atoms with Gasteiger partial charge < -0.3 is 0 Å². The van der Waals surface area contributed by atoms with Crippen LogP contribution >= 0.6 is 11.6 Å². The highest BCUT2D eigenvalue weighted by Gasteiger charge is 2.24. The van der Waals surface area contributed by atoms with Crippen molar-refractivity contribution in [1.82, 2.24) is 0 Å². The summed E-state index contributed by atoms with van der Waals surface area (Å²) in [4.78, 5) is 0. The van der Waals surface area contributed by atoms with Gasteiger partial charge in [-0.25, -0.2) is 4.39 Å². The van der Waals surface area contributed by atoms with Gasteiger partial charge in [0.15, 0.2) is 0 Å². The predicted molar refractivity (Wildman–Crippen MR) is 57.4 cm³/mol. The Bertz CT molecular complexity index is 315. The standard InChI is InChI=1S/C12H14ClF/c1-8-4-10(7-12(14)5-8)9-2-3-11(13)6-9/h4-5,7,9,11H,2-3,6H2,1H3. The first-order valence-electron chi connectivity index (χ1n) is 5.06. The van der Waals surface area contributed by atoms with Crippen LogP contribution in [-0.2, 0) is 0 Å². The summed E-state index contributed by atoms with van der Waals surface area (Å²) in [6.07, 6.45) is 3.14. The molecule has 0 aliphatic heterocycles. The van der Waals surface area contributed by atoms with E-state index in [0.717, 1.165) is 30.4 Å². The van der Waals surface area contributed by atoms with E-state index in [1.165, 1.54) is 0 Å². The smallest absolute Gasteiger partial charge is 0.123 e. The van der Waals surface area contributed by atoms with Gasteiger partial charge in [0.2, 0.25) is 0 Å². The third-order valence-electron chi connectivity index (χ3n) is 2.90. The summed E-state index contributed by atoms with van der Waals surface area (Å²) in [5.41, 5.74) is 2.11. The molecule has 2 heteroatoms. The van der Waals surface area contributed by atoms with Crippen LogP contribution in [0.3, 0.4) is 0 Å². The van der Waals surface area contributed by atoms with Crippen molar-refractivity contribution in [2.75, 3.05) is 0 Å². The zero-order valence-electron chi connectivity index (χ0n) is 8.26. The van der Waals surface area contributed by atoms with E-state index in [0.29, 0.717) is 5.92 Å². The van der Waals surface area contributed by atoms with Crippen molar-refractivity contribution in [2.45, 2.75) is 37.5 Å². The van der Waals surface area contributed by atoms with Gasteiger partial charge in [0.1, 0.15) is 5.82 Å². The Balaban J connectivity index is 2.23. The monoisotopic (exact) mass is 212 g/mol. The number of aryl methyl sites for hydroxylation is 1. The molecule has 2 rings (SSSR count). The Morgan fingerprint density at radius 2 is 2.07 bits per heavy atom. The minimum absolute atomic E-state index is 0.127. The number of halogens is 2. The van der Waals surface area contributed by atoms with Crippen LogP contribution in [0.4, 0.5) is 4.39 Å². The molecule has 14 heavy (non-hydrogen) atoms. The largest absolute Gasteiger partial charge is 0.207 e. The second-order valence-corrected chi connectivity index (χ2v) is 4.79. The van der Waals surface area contributed by atoms with Crippen molar-refractivity contribution < 1.29 is 4.39 Å². The van der Waals surface area contributed by atoms with E-state index in [4.69, 9.17) is 11.6 Å². The highest BCUT2D eigenvalue weighted by Crippen LogP contribution is 2.37. The molecule has 0 bridgehead atoms. The maximum atomic E-state index is 13.1. The Labute approximate surface area is 89.1 Å². The molecule has 0 radical (unpaired) electrons. The van der Waals surface area contributed by atoms with Gasteiger partial charge in [-0.1, -0.05) is 6.07 Å². The highest BCUT2D eigenvalue weighted by atomic mass is 35.5. The van der Waals surface area contributed by atoms with Crippen molar-refractivity contribution in [3.8, 4) is 0 Å². The van der Waals surface area contributed by atoms with Crippen molar-refractivity contribution in [3.05, 3.63) is 35.1 Å². The molecule has 1 fully saturated rings. The minimum atomic E-state index is -0.127. The zero-order chi connectivity index (χ0) is 10.1. The molecule has 2 atom stereocenters. The summed E-state index contributed by atoms with van der Waals surface area (Å²) in [6.45, 7) is 1.93. The molecule has 1 aliphatic carbocycles. The van der Waals surface area contributed by atoms with E-state index < -0.39 is 0 Å². The van der Waals surface area contributed by atoms with Crippen molar-refractivity contribution in [3.63, 3.8) is 0 Å². The molecule has 0 heterocycles. The fraction of sp³-hybridized carbons (Fsp3) is 0.500. The normalized spacial score (nSPS) is 26.8.